The smallest absolute Gasteiger partial charge is 0.726 e. The van der Waals surface area contributed by atoms with Crippen LogP contribution in [0.15, 0.2) is 18.6 Å². The second kappa shape index (κ2) is 61.6. The molecule has 0 radical (unpaired) electrons. The Bertz CT molecular complexity index is 4790. The number of aromatic nitrogens is 9. The molecule has 4 fully saturated rings. The van der Waals surface area contributed by atoms with Crippen LogP contribution in [0.5, 0.6) is 0 Å². The summed E-state index contributed by atoms with van der Waals surface area (Å²) in [6, 6.07) is 0. The standard InChI is InChI=1S/C35H50Cl2N9O40S8.11Na.3H2O4S/c1-2-71-12-17-6-44(41-38-17)9-20-3-23(81-89(53,54)55)30(84-92(62,63)64)33(75-20)72-13-18-7-45(42-39-18)10-21-4-24(82-90(56,57)58)31(85-93(65,66)67)34(76-21)73-14-19-8-46(43-40-19)11-25-29(83-91(59,60)61)32(86-94(68,69)70)35(16-36,78-25)79-27-5-22(80-88(50,51)52)28(37)26(77-27)15-74-87(47,48)49;;;;;;;;;;;;3*1-5(2,3)4/h3-8,20-34H,2,9-16H2,1H3,(H,47,48,49)(H,50,51,52)(H,53,54,55)(H,56,57,58)(H,59,60,61)(H,62,63,64)(H,65,66,67)(H,68,69,70);;;;;;;;;;;;3*(H2,1,2,3,4)/q-3;11*+1;;;/p-11/t20-,21-,22+,23-,24-,25+,26+,27?,28+,29+,30-,31-,32-,33-,34-,35?;;;;;;;;;;;;;;/m0............../s1. The van der Waals surface area contributed by atoms with Gasteiger partial charge in [0.1, 0.15) is 41.5 Å². The first-order chi connectivity index (χ1) is 49.2. The van der Waals surface area contributed by atoms with Crippen LogP contribution >= 0.6 is 23.2 Å². The molecule has 7 heterocycles. The van der Waals surface area contributed by atoms with Crippen LogP contribution in [0, 0.1) is 19.3 Å². The number of hydrogen-bond donors (Lipinski definition) is 3. The number of rotatable bonds is 35. The summed E-state index contributed by atoms with van der Waals surface area (Å²) < 4.78 is 465. The first-order valence-electron chi connectivity index (χ1n) is 26.9. The van der Waals surface area contributed by atoms with Gasteiger partial charge in [-0.1, -0.05) is 15.6 Å². The Morgan fingerprint density at radius 3 is 1.07 bits per heavy atom. The predicted molar refractivity (Wildman–Crippen MR) is 308 cm³/mol. The Morgan fingerprint density at radius 2 is 0.750 bits per heavy atom. The van der Waals surface area contributed by atoms with Crippen molar-refractivity contribution in [1.29, 1.82) is 0 Å². The third-order valence-corrected chi connectivity index (χ3v) is 16.5. The van der Waals surface area contributed by atoms with Gasteiger partial charge in [-0.3, -0.25) is 56.8 Å². The van der Waals surface area contributed by atoms with Gasteiger partial charge in [-0.05, 0) is 37.4 Å². The Labute approximate surface area is 936 Å². The van der Waals surface area contributed by atoms with Gasteiger partial charge in [0.15, 0.2) is 18.7 Å². The number of hydrogen-bond acceptors (Lipinski definition) is 55. The van der Waals surface area contributed by atoms with E-state index in [1.807, 2.05) is 0 Å². The maximum Gasteiger partial charge on any atom is 1.00 e. The Balaban J connectivity index is -0.000000737. The summed E-state index contributed by atoms with van der Waals surface area (Å²) in [6.45, 7) is -3.38. The van der Waals surface area contributed by atoms with Gasteiger partial charge in [-0.25, -0.2) is 104 Å². The molecule has 0 spiro atoms. The monoisotopic (exact) mass is 2100 g/mol. The molecule has 4 aliphatic rings. The molecule has 0 saturated carbocycles. The van der Waals surface area contributed by atoms with Crippen molar-refractivity contribution in [1.82, 2.24) is 45.0 Å². The molecule has 636 valence electrons. The van der Waals surface area contributed by atoms with Gasteiger partial charge >= 0.3 is 325 Å². The zero-order valence-corrected chi connectivity index (χ0v) is 95.6. The van der Waals surface area contributed by atoms with E-state index in [2.05, 4.69) is 64.4 Å². The van der Waals surface area contributed by atoms with Crippen molar-refractivity contribution in [3.05, 3.63) is 54.9 Å². The topological polar surface area (TPSA) is 930 Å². The van der Waals surface area contributed by atoms with Crippen molar-refractivity contribution in [3.63, 3.8) is 0 Å². The molecule has 3 aromatic rings. The minimum atomic E-state index is -6.14. The van der Waals surface area contributed by atoms with E-state index in [0.717, 1.165) is 28.2 Å². The SMILES string of the molecule is CCOCc1cn(C[C@@H]2[CH-][C@H](OS(=O)(=O)[O-])[C@H](OS(=O)(=O)[O-])[C@@H](OCc3cn(C[C@@H]4[CH-][C@H](OS(=O)(=O)[O-])[C@H](OS(=O)(=O)[O-])[C@@H](OCc5cn(C[C@H]6OC(CCl)(OC7[CH-][C@@H](OS(=O)(=O)[O-])[C@@H](Cl)[C@@H](COS(=O)(=O)[O-])O7)[C@@H](OS(=O)(=O)[O-])[C@@H]6OS(=O)(=O)[O-])nn5)O4)nn3)O2)nn1.O=S(=O)([O-])O.O=S(=O)([O-])O.O=S(=O)([O-])O.[Na+].[Na+].[Na+].[Na+].[Na+].[Na+].[Na+].[Na+].[Na+].[Na+].[Na+]. The van der Waals surface area contributed by atoms with Crippen molar-refractivity contribution in [2.24, 2.45) is 0 Å². The molecule has 85 heteroatoms. The van der Waals surface area contributed by atoms with Crippen molar-refractivity contribution in [2.45, 2.75) is 144 Å². The molecule has 120 heavy (non-hydrogen) atoms. The van der Waals surface area contributed by atoms with E-state index in [1.165, 1.54) is 6.20 Å². The summed E-state index contributed by atoms with van der Waals surface area (Å²) in [5, 5.41) is 20.7. The van der Waals surface area contributed by atoms with Gasteiger partial charge < -0.3 is 101 Å². The van der Waals surface area contributed by atoms with Crippen molar-refractivity contribution in [2.75, 3.05) is 19.1 Å². The van der Waals surface area contributed by atoms with E-state index in [4.69, 9.17) is 114 Å². The average Bonchev–Trinajstić information content (AvgIpc) is 1.59. The second-order valence-corrected chi connectivity index (χ2v) is 31.6. The van der Waals surface area contributed by atoms with E-state index in [9.17, 15) is 104 Å². The van der Waals surface area contributed by atoms with Crippen LogP contribution in [0.25, 0.3) is 0 Å². The maximum atomic E-state index is 12.1. The fraction of sp³-hybridized carbons (Fsp3) is 0.743. The first kappa shape index (κ1) is 143. The number of ether oxygens (including phenoxy) is 8. The maximum absolute atomic E-state index is 12.1. The van der Waals surface area contributed by atoms with E-state index >= 15 is 0 Å². The summed E-state index contributed by atoms with van der Waals surface area (Å²) in [6.07, 6.45) is -26.5. The average molecular weight is 2100 g/mol. The van der Waals surface area contributed by atoms with Gasteiger partial charge in [0.25, 0.3) is 0 Å². The number of halogens is 2. The molecular formula is C35H45Cl2N9Na11O52S11-3. The van der Waals surface area contributed by atoms with Gasteiger partial charge in [0.05, 0.1) is 68.9 Å². The predicted octanol–water partition coefficient (Wildman–Crippen LogP) is -44.4. The molecule has 4 saturated heterocycles. The zero-order valence-electron chi connectivity index (χ0n) is 63.1. The summed E-state index contributed by atoms with van der Waals surface area (Å²) in [7, 11) is -61.6. The van der Waals surface area contributed by atoms with Crippen LogP contribution in [0.1, 0.15) is 24.0 Å². The zero-order chi connectivity index (χ0) is 83.3. The number of alkyl halides is 2. The molecule has 16 atom stereocenters. The summed E-state index contributed by atoms with van der Waals surface area (Å²) in [5.41, 5.74) is -0.423. The van der Waals surface area contributed by atoms with Crippen LogP contribution in [-0.2, 0) is 225 Å². The molecule has 2 unspecified atom stereocenters. The van der Waals surface area contributed by atoms with Gasteiger partial charge in [-0.2, -0.15) is 0 Å². The van der Waals surface area contributed by atoms with Gasteiger partial charge in [0, 0.05) is 26.0 Å². The third-order valence-electron chi connectivity index (χ3n) is 12.0. The summed E-state index contributed by atoms with van der Waals surface area (Å²) >= 11 is 12.2. The third kappa shape index (κ3) is 62.2. The van der Waals surface area contributed by atoms with E-state index in [-0.39, 0.29) is 344 Å². The van der Waals surface area contributed by atoms with Crippen LogP contribution in [0.2, 0.25) is 0 Å². The quantitative estimate of drug-likeness (QED) is 0.0162. The van der Waals surface area contributed by atoms with E-state index in [1.54, 1.807) is 6.92 Å². The first-order valence-corrected chi connectivity index (χ1v) is 42.6. The van der Waals surface area contributed by atoms with E-state index in [0.29, 0.717) is 29.8 Å². The van der Waals surface area contributed by atoms with Crippen molar-refractivity contribution >= 4 is 138 Å². The van der Waals surface area contributed by atoms with Gasteiger partial charge in [0.2, 0.25) is 120 Å². The molecule has 0 aromatic carbocycles. The Hall–Kier alpha value is 7.25. The van der Waals surface area contributed by atoms with E-state index < -0.39 is 256 Å². The Morgan fingerprint density at radius 1 is 0.433 bits per heavy atom. The largest absolute Gasteiger partial charge is 1.00 e. The molecule has 61 nitrogen and oxygen atoms in total. The van der Waals surface area contributed by atoms with Crippen LogP contribution in [-0.4, -0.2) is 318 Å². The molecule has 0 amide bonds. The van der Waals surface area contributed by atoms with Crippen molar-refractivity contribution < 1.29 is 553 Å². The fourth-order valence-corrected chi connectivity index (χ4v) is 13.0. The summed E-state index contributed by atoms with van der Waals surface area (Å²) in [5.74, 6) is -4.56. The summed E-state index contributed by atoms with van der Waals surface area (Å²) in [4.78, 5) is 0. The molecule has 3 N–H and O–H groups in total. The molecule has 0 aliphatic carbocycles. The van der Waals surface area contributed by atoms with Gasteiger partial charge in [-0.15, -0.1) is 38.5 Å². The molecule has 7 rings (SSSR count). The molecule has 3 aromatic heterocycles. The molecular weight excluding hydrogens is 2050 g/mol. The Kier molecular flexibility index (Phi) is 73.3. The van der Waals surface area contributed by atoms with Crippen LogP contribution < -0.4 is 325 Å². The molecule has 0 bridgehead atoms. The minimum absolute atomic E-state index is 0. The van der Waals surface area contributed by atoms with Crippen molar-refractivity contribution in [3.8, 4) is 0 Å². The minimum Gasteiger partial charge on any atom is -0.726 e. The normalized spacial score (nSPS) is 25.3. The van der Waals surface area contributed by atoms with Crippen LogP contribution in [0.4, 0.5) is 0 Å². The molecule has 4 aliphatic heterocycles. The van der Waals surface area contributed by atoms with Crippen LogP contribution in [0.3, 0.4) is 0 Å². The second-order valence-electron chi connectivity index (χ2n) is 20.1. The fourth-order valence-electron chi connectivity index (χ4n) is 8.76. The number of nitrogens with zero attached hydrogens (tertiary/aromatic N) is 9.